The van der Waals surface area contributed by atoms with Crippen molar-refractivity contribution in [2.75, 3.05) is 34.9 Å². The number of ether oxygens (including phenoxy) is 1. The fraction of sp³-hybridized carbons (Fsp3) is 0.292. The average Bonchev–Trinajstić information content (AvgIpc) is 3.46. The molecule has 0 spiro atoms. The molecule has 1 fully saturated rings. The van der Waals surface area contributed by atoms with Crippen LogP contribution in [0, 0.1) is 12.8 Å². The molecular weight excluding hydrogens is 486 g/mol. The highest BCUT2D eigenvalue weighted by atomic mass is 32.2. The van der Waals surface area contributed by atoms with E-state index in [1.165, 1.54) is 23.1 Å². The molecule has 0 saturated carbocycles. The zero-order valence-electron chi connectivity index (χ0n) is 19.3. The van der Waals surface area contributed by atoms with E-state index in [4.69, 9.17) is 4.74 Å². The maximum atomic E-state index is 12.7. The lowest BCUT2D eigenvalue weighted by atomic mass is 10.1. The predicted molar refractivity (Wildman–Crippen MR) is 137 cm³/mol. The van der Waals surface area contributed by atoms with Gasteiger partial charge in [-0.05, 0) is 43.3 Å². The van der Waals surface area contributed by atoms with E-state index in [1.807, 2.05) is 31.2 Å². The molecule has 2 aromatic carbocycles. The summed E-state index contributed by atoms with van der Waals surface area (Å²) in [7, 11) is 1.59. The summed E-state index contributed by atoms with van der Waals surface area (Å²) in [5.41, 5.74) is 2.60. The molecule has 0 aliphatic carbocycles. The minimum Gasteiger partial charge on any atom is -0.497 e. The molecule has 3 amide bonds. The second-order valence-corrected chi connectivity index (χ2v) is 10.3. The molecule has 0 radical (unpaired) electrons. The van der Waals surface area contributed by atoms with Gasteiger partial charge in [0, 0.05) is 36.5 Å². The quantitative estimate of drug-likeness (QED) is 0.330. The fourth-order valence-electron chi connectivity index (χ4n) is 3.51. The normalized spacial score (nSPS) is 15.2. The number of anilines is 3. The maximum Gasteiger partial charge on any atom is 0.231 e. The number of hydrogen-bond donors (Lipinski definition) is 2. The van der Waals surface area contributed by atoms with Crippen molar-refractivity contribution in [3.63, 3.8) is 0 Å². The van der Waals surface area contributed by atoms with Crippen molar-refractivity contribution in [1.82, 2.24) is 10.2 Å². The smallest absolute Gasteiger partial charge is 0.231 e. The topological polar surface area (TPSA) is 114 Å². The van der Waals surface area contributed by atoms with Crippen molar-refractivity contribution in [2.45, 2.75) is 24.1 Å². The number of aromatic nitrogens is 2. The summed E-state index contributed by atoms with van der Waals surface area (Å²) in [5.74, 6) is 0.360. The second-order valence-electron chi connectivity index (χ2n) is 7.98. The molecule has 1 aliphatic rings. The summed E-state index contributed by atoms with van der Waals surface area (Å²) in [6, 6.07) is 14.8. The first-order valence-electron chi connectivity index (χ1n) is 11.0. The number of nitrogens with one attached hydrogen (secondary N) is 2. The van der Waals surface area contributed by atoms with E-state index in [0.29, 0.717) is 33.9 Å². The molecule has 1 saturated heterocycles. The van der Waals surface area contributed by atoms with Crippen LogP contribution in [0.25, 0.3) is 0 Å². The molecule has 182 valence electrons. The number of rotatable bonds is 9. The lowest BCUT2D eigenvalue weighted by molar-refractivity contribution is -0.122. The predicted octanol–water partition coefficient (Wildman–Crippen LogP) is 3.97. The van der Waals surface area contributed by atoms with E-state index in [1.54, 1.807) is 36.3 Å². The van der Waals surface area contributed by atoms with Crippen LogP contribution >= 0.6 is 23.1 Å². The van der Waals surface area contributed by atoms with Gasteiger partial charge in [-0.1, -0.05) is 40.8 Å². The van der Waals surface area contributed by atoms with Crippen molar-refractivity contribution >= 4 is 57.3 Å². The monoisotopic (exact) mass is 511 g/mol. The highest BCUT2D eigenvalue weighted by Crippen LogP contribution is 2.29. The molecule has 11 heteroatoms. The number of thioether (sulfide) groups is 1. The summed E-state index contributed by atoms with van der Waals surface area (Å²) in [4.78, 5) is 38.9. The van der Waals surface area contributed by atoms with Crippen LogP contribution in [-0.2, 0) is 14.4 Å². The van der Waals surface area contributed by atoms with Crippen molar-refractivity contribution in [2.24, 2.45) is 5.92 Å². The molecule has 1 unspecified atom stereocenters. The first-order valence-corrected chi connectivity index (χ1v) is 12.8. The molecule has 4 rings (SSSR count). The van der Waals surface area contributed by atoms with Gasteiger partial charge in [-0.2, -0.15) is 0 Å². The van der Waals surface area contributed by atoms with Gasteiger partial charge in [0.25, 0.3) is 0 Å². The lowest BCUT2D eigenvalue weighted by Crippen LogP contribution is -2.28. The zero-order chi connectivity index (χ0) is 24.8. The SMILES string of the molecule is COc1ccc(NC(=O)CCSc2nnc(NC(=O)C3CC(=O)N(c4ccc(C)cc4)C3)s2)cc1. The molecule has 1 aromatic heterocycles. The largest absolute Gasteiger partial charge is 0.497 e. The zero-order valence-corrected chi connectivity index (χ0v) is 20.9. The Kier molecular flexibility index (Phi) is 7.98. The van der Waals surface area contributed by atoms with Crippen molar-refractivity contribution in [3.05, 3.63) is 54.1 Å². The van der Waals surface area contributed by atoms with Crippen molar-refractivity contribution in [3.8, 4) is 5.75 Å². The first-order chi connectivity index (χ1) is 16.9. The Balaban J connectivity index is 1.22. The van der Waals surface area contributed by atoms with Gasteiger partial charge >= 0.3 is 0 Å². The standard InChI is InChI=1S/C24H25N5O4S2/c1-15-3-7-18(8-4-15)29-14-16(13-21(29)31)22(32)26-23-27-28-24(35-23)34-12-11-20(30)25-17-5-9-19(33-2)10-6-17/h3-10,16H,11-14H2,1-2H3,(H,25,30)(H,26,27,32). The Bertz CT molecular complexity index is 1200. The highest BCUT2D eigenvalue weighted by molar-refractivity contribution is 8.01. The van der Waals surface area contributed by atoms with Gasteiger partial charge in [0.05, 0.1) is 13.0 Å². The van der Waals surface area contributed by atoms with Crippen LogP contribution in [0.2, 0.25) is 0 Å². The number of hydrogen-bond acceptors (Lipinski definition) is 8. The van der Waals surface area contributed by atoms with Crippen LogP contribution in [-0.4, -0.2) is 47.3 Å². The number of carbonyl (C=O) groups is 3. The molecular formula is C24H25N5O4S2. The summed E-state index contributed by atoms with van der Waals surface area (Å²) in [6.45, 7) is 2.31. The molecule has 3 aromatic rings. The van der Waals surface area contributed by atoms with E-state index in [-0.39, 0.29) is 24.1 Å². The third kappa shape index (κ3) is 6.58. The average molecular weight is 512 g/mol. The van der Waals surface area contributed by atoms with E-state index >= 15 is 0 Å². The van der Waals surface area contributed by atoms with Crippen molar-refractivity contribution < 1.29 is 19.1 Å². The van der Waals surface area contributed by atoms with Gasteiger partial charge in [-0.25, -0.2) is 0 Å². The van der Waals surface area contributed by atoms with Crippen LogP contribution in [0.1, 0.15) is 18.4 Å². The van der Waals surface area contributed by atoms with E-state index in [2.05, 4.69) is 20.8 Å². The number of nitrogens with zero attached hydrogens (tertiary/aromatic N) is 3. The summed E-state index contributed by atoms with van der Waals surface area (Å²) in [5, 5.41) is 14.1. The lowest BCUT2D eigenvalue weighted by Gasteiger charge is -2.16. The summed E-state index contributed by atoms with van der Waals surface area (Å²) < 4.78 is 5.76. The van der Waals surface area contributed by atoms with Crippen LogP contribution < -0.4 is 20.3 Å². The molecule has 1 atom stereocenters. The minimum atomic E-state index is -0.453. The first kappa shape index (κ1) is 24.7. The Labute approximate surface area is 211 Å². The molecule has 1 aliphatic heterocycles. The molecule has 35 heavy (non-hydrogen) atoms. The Morgan fingerprint density at radius 2 is 1.86 bits per heavy atom. The number of aryl methyl sites for hydroxylation is 1. The van der Waals surface area contributed by atoms with Crippen LogP contribution in [0.15, 0.2) is 52.9 Å². The van der Waals surface area contributed by atoms with Gasteiger partial charge < -0.3 is 20.3 Å². The number of carbonyl (C=O) groups excluding carboxylic acids is 3. The van der Waals surface area contributed by atoms with Gasteiger partial charge in [-0.15, -0.1) is 10.2 Å². The second kappa shape index (κ2) is 11.3. The third-order valence-electron chi connectivity index (χ3n) is 5.41. The fourth-order valence-corrected chi connectivity index (χ4v) is 5.28. The van der Waals surface area contributed by atoms with E-state index in [0.717, 1.165) is 17.0 Å². The highest BCUT2D eigenvalue weighted by Gasteiger charge is 2.35. The maximum absolute atomic E-state index is 12.7. The van der Waals surface area contributed by atoms with Crippen LogP contribution in [0.4, 0.5) is 16.5 Å². The van der Waals surface area contributed by atoms with E-state index < -0.39 is 5.92 Å². The summed E-state index contributed by atoms with van der Waals surface area (Å²) in [6.07, 6.45) is 0.459. The Hall–Kier alpha value is -3.44. The van der Waals surface area contributed by atoms with Gasteiger partial charge in [-0.3, -0.25) is 14.4 Å². The molecule has 2 N–H and O–H groups in total. The number of benzene rings is 2. The summed E-state index contributed by atoms with van der Waals surface area (Å²) >= 11 is 2.64. The number of methoxy groups -OCH3 is 1. The Morgan fingerprint density at radius 1 is 1.11 bits per heavy atom. The molecule has 2 heterocycles. The van der Waals surface area contributed by atoms with Gasteiger partial charge in [0.15, 0.2) is 4.34 Å². The minimum absolute atomic E-state index is 0.0737. The van der Waals surface area contributed by atoms with Gasteiger partial charge in [0.2, 0.25) is 22.9 Å². The third-order valence-corrected chi connectivity index (χ3v) is 7.38. The van der Waals surface area contributed by atoms with Crippen LogP contribution in [0.3, 0.4) is 0 Å². The molecule has 0 bridgehead atoms. The number of amides is 3. The van der Waals surface area contributed by atoms with Gasteiger partial charge in [0.1, 0.15) is 5.75 Å². The Morgan fingerprint density at radius 3 is 2.57 bits per heavy atom. The van der Waals surface area contributed by atoms with Crippen molar-refractivity contribution in [1.29, 1.82) is 0 Å². The van der Waals surface area contributed by atoms with Crippen LogP contribution in [0.5, 0.6) is 5.75 Å². The van der Waals surface area contributed by atoms with E-state index in [9.17, 15) is 14.4 Å². The molecule has 9 nitrogen and oxygen atoms in total.